The van der Waals surface area contributed by atoms with E-state index in [1.54, 1.807) is 12.1 Å². The standard InChI is InChI=1S/C11H16ClNO/c1-11(2,7-13)10(14)8-4-3-5-9(12)6-8/h3-6,10,14H,7,13H2,1-2H3. The first-order valence-corrected chi connectivity index (χ1v) is 4.99. The van der Waals surface area contributed by atoms with Gasteiger partial charge in [-0.05, 0) is 17.7 Å². The number of hydrogen-bond donors (Lipinski definition) is 2. The Kier molecular flexibility index (Phi) is 3.53. The third-order valence-electron chi connectivity index (χ3n) is 2.43. The summed E-state index contributed by atoms with van der Waals surface area (Å²) in [5.41, 5.74) is 6.07. The number of rotatable bonds is 3. The van der Waals surface area contributed by atoms with E-state index in [4.69, 9.17) is 17.3 Å². The molecule has 1 aromatic carbocycles. The lowest BCUT2D eigenvalue weighted by Crippen LogP contribution is -2.30. The molecule has 0 saturated carbocycles. The molecule has 3 heteroatoms. The molecule has 78 valence electrons. The highest BCUT2D eigenvalue weighted by Crippen LogP contribution is 2.32. The Hall–Kier alpha value is -0.570. The highest BCUT2D eigenvalue weighted by molar-refractivity contribution is 6.30. The van der Waals surface area contributed by atoms with Crippen molar-refractivity contribution in [2.45, 2.75) is 20.0 Å². The molecule has 0 aromatic heterocycles. The second kappa shape index (κ2) is 4.30. The Morgan fingerprint density at radius 3 is 2.64 bits per heavy atom. The highest BCUT2D eigenvalue weighted by Gasteiger charge is 2.27. The first-order chi connectivity index (χ1) is 6.47. The van der Waals surface area contributed by atoms with Gasteiger partial charge >= 0.3 is 0 Å². The molecular weight excluding hydrogens is 198 g/mol. The predicted molar refractivity (Wildman–Crippen MR) is 59.2 cm³/mol. The van der Waals surface area contributed by atoms with Crippen LogP contribution in [0, 0.1) is 5.41 Å². The third-order valence-corrected chi connectivity index (χ3v) is 2.67. The molecule has 0 spiro atoms. The maximum atomic E-state index is 10.0. The minimum absolute atomic E-state index is 0.329. The molecule has 1 aromatic rings. The second-order valence-corrected chi connectivity index (χ2v) is 4.59. The molecule has 0 aliphatic heterocycles. The van der Waals surface area contributed by atoms with E-state index in [0.29, 0.717) is 11.6 Å². The molecule has 1 unspecified atom stereocenters. The van der Waals surface area contributed by atoms with Crippen molar-refractivity contribution in [3.8, 4) is 0 Å². The monoisotopic (exact) mass is 213 g/mol. The van der Waals surface area contributed by atoms with Crippen molar-refractivity contribution < 1.29 is 5.11 Å². The maximum Gasteiger partial charge on any atom is 0.0853 e. The first kappa shape index (κ1) is 11.5. The summed E-state index contributed by atoms with van der Waals surface area (Å²) in [5, 5.41) is 10.7. The Labute approximate surface area is 89.7 Å². The van der Waals surface area contributed by atoms with Gasteiger partial charge in [0.15, 0.2) is 0 Å². The maximum absolute atomic E-state index is 10.0. The number of halogens is 1. The van der Waals surface area contributed by atoms with Gasteiger partial charge in [-0.3, -0.25) is 0 Å². The van der Waals surface area contributed by atoms with Crippen LogP contribution in [0.2, 0.25) is 5.02 Å². The Morgan fingerprint density at radius 1 is 1.50 bits per heavy atom. The molecule has 2 nitrogen and oxygen atoms in total. The van der Waals surface area contributed by atoms with Crippen molar-refractivity contribution in [2.24, 2.45) is 11.1 Å². The average Bonchev–Trinajstić information content (AvgIpc) is 2.16. The number of benzene rings is 1. The zero-order chi connectivity index (χ0) is 10.8. The summed E-state index contributed by atoms with van der Waals surface area (Å²) in [6.45, 7) is 4.29. The van der Waals surface area contributed by atoms with Crippen LogP contribution in [0.15, 0.2) is 24.3 Å². The van der Waals surface area contributed by atoms with Gasteiger partial charge in [0.2, 0.25) is 0 Å². The van der Waals surface area contributed by atoms with Crippen molar-refractivity contribution in [3.63, 3.8) is 0 Å². The van der Waals surface area contributed by atoms with E-state index in [2.05, 4.69) is 0 Å². The van der Waals surface area contributed by atoms with Gasteiger partial charge in [-0.1, -0.05) is 37.6 Å². The van der Waals surface area contributed by atoms with Gasteiger partial charge in [-0.2, -0.15) is 0 Å². The summed E-state index contributed by atoms with van der Waals surface area (Å²) in [6, 6.07) is 7.23. The van der Waals surface area contributed by atoms with Crippen LogP contribution < -0.4 is 5.73 Å². The molecule has 0 fully saturated rings. The minimum atomic E-state index is -0.578. The minimum Gasteiger partial charge on any atom is -0.388 e. The van der Waals surface area contributed by atoms with Crippen molar-refractivity contribution in [1.29, 1.82) is 0 Å². The molecule has 0 saturated heterocycles. The van der Waals surface area contributed by atoms with Crippen molar-refractivity contribution in [3.05, 3.63) is 34.9 Å². The van der Waals surface area contributed by atoms with E-state index in [1.165, 1.54) is 0 Å². The Bertz CT molecular complexity index is 312. The fourth-order valence-corrected chi connectivity index (χ4v) is 1.44. The molecule has 0 heterocycles. The smallest absolute Gasteiger partial charge is 0.0853 e. The topological polar surface area (TPSA) is 46.2 Å². The van der Waals surface area contributed by atoms with Gasteiger partial charge in [0, 0.05) is 17.0 Å². The van der Waals surface area contributed by atoms with Crippen LogP contribution in [-0.4, -0.2) is 11.7 Å². The van der Waals surface area contributed by atoms with Crippen LogP contribution >= 0.6 is 11.6 Å². The molecule has 14 heavy (non-hydrogen) atoms. The van der Waals surface area contributed by atoms with Gasteiger partial charge < -0.3 is 10.8 Å². The lowest BCUT2D eigenvalue weighted by molar-refractivity contribution is 0.0555. The lowest BCUT2D eigenvalue weighted by Gasteiger charge is -2.29. The normalized spacial score (nSPS) is 14.1. The van der Waals surface area contributed by atoms with Gasteiger partial charge in [0.1, 0.15) is 0 Å². The molecule has 1 rings (SSSR count). The summed E-state index contributed by atoms with van der Waals surface area (Å²) in [6.07, 6.45) is -0.578. The summed E-state index contributed by atoms with van der Waals surface area (Å²) in [4.78, 5) is 0. The van der Waals surface area contributed by atoms with Crippen molar-refractivity contribution in [1.82, 2.24) is 0 Å². The summed E-state index contributed by atoms with van der Waals surface area (Å²) in [7, 11) is 0. The average molecular weight is 214 g/mol. The van der Waals surface area contributed by atoms with Gasteiger partial charge in [-0.25, -0.2) is 0 Å². The third kappa shape index (κ3) is 2.47. The molecule has 0 bridgehead atoms. The van der Waals surface area contributed by atoms with E-state index in [-0.39, 0.29) is 5.41 Å². The van der Waals surface area contributed by atoms with E-state index in [9.17, 15) is 5.11 Å². The molecule has 0 aliphatic rings. The number of aliphatic hydroxyl groups is 1. The van der Waals surface area contributed by atoms with Crippen LogP contribution in [0.5, 0.6) is 0 Å². The highest BCUT2D eigenvalue weighted by atomic mass is 35.5. The fourth-order valence-electron chi connectivity index (χ4n) is 1.24. The van der Waals surface area contributed by atoms with Crippen LogP contribution in [0.3, 0.4) is 0 Å². The van der Waals surface area contributed by atoms with Gasteiger partial charge in [0.05, 0.1) is 6.10 Å². The van der Waals surface area contributed by atoms with E-state index >= 15 is 0 Å². The SMILES string of the molecule is CC(C)(CN)C(O)c1cccc(Cl)c1. The second-order valence-electron chi connectivity index (χ2n) is 4.15. The van der Waals surface area contributed by atoms with Crippen LogP contribution in [0.25, 0.3) is 0 Å². The molecule has 1 atom stereocenters. The van der Waals surface area contributed by atoms with Gasteiger partial charge in [0.25, 0.3) is 0 Å². The number of nitrogens with two attached hydrogens (primary N) is 1. The molecular formula is C11H16ClNO. The summed E-state index contributed by atoms with van der Waals surface area (Å²) >= 11 is 5.84. The summed E-state index contributed by atoms with van der Waals surface area (Å²) in [5.74, 6) is 0. The molecule has 0 amide bonds. The van der Waals surface area contributed by atoms with E-state index in [1.807, 2.05) is 26.0 Å². The molecule has 3 N–H and O–H groups in total. The van der Waals surface area contributed by atoms with Crippen LogP contribution in [-0.2, 0) is 0 Å². The quantitative estimate of drug-likeness (QED) is 0.810. The molecule has 0 radical (unpaired) electrons. The van der Waals surface area contributed by atoms with Crippen molar-refractivity contribution in [2.75, 3.05) is 6.54 Å². The Morgan fingerprint density at radius 2 is 2.14 bits per heavy atom. The number of aliphatic hydroxyl groups excluding tert-OH is 1. The zero-order valence-corrected chi connectivity index (χ0v) is 9.25. The van der Waals surface area contributed by atoms with Gasteiger partial charge in [-0.15, -0.1) is 0 Å². The fraction of sp³-hybridized carbons (Fsp3) is 0.455. The predicted octanol–water partition coefficient (Wildman–Crippen LogP) is 2.36. The van der Waals surface area contributed by atoms with Crippen molar-refractivity contribution >= 4 is 11.6 Å². The lowest BCUT2D eigenvalue weighted by atomic mass is 9.83. The van der Waals surface area contributed by atoms with Crippen LogP contribution in [0.4, 0.5) is 0 Å². The first-order valence-electron chi connectivity index (χ1n) is 4.61. The number of hydrogen-bond acceptors (Lipinski definition) is 2. The zero-order valence-electron chi connectivity index (χ0n) is 8.50. The Balaban J connectivity index is 2.94. The van der Waals surface area contributed by atoms with E-state index in [0.717, 1.165) is 5.56 Å². The van der Waals surface area contributed by atoms with E-state index < -0.39 is 6.10 Å². The molecule has 0 aliphatic carbocycles. The van der Waals surface area contributed by atoms with Crippen LogP contribution in [0.1, 0.15) is 25.5 Å². The summed E-state index contributed by atoms with van der Waals surface area (Å²) < 4.78 is 0. The largest absolute Gasteiger partial charge is 0.388 e.